The first-order valence-electron chi connectivity index (χ1n) is 4.36. The minimum atomic E-state index is 0.443. The lowest BCUT2D eigenvalue weighted by molar-refractivity contribution is 0.550. The van der Waals surface area contributed by atoms with Gasteiger partial charge < -0.3 is 5.73 Å². The van der Waals surface area contributed by atoms with E-state index in [1.165, 1.54) is 19.3 Å². The molecule has 66 valence electrons. The van der Waals surface area contributed by atoms with E-state index in [9.17, 15) is 0 Å². The normalized spacial score (nSPS) is 27.4. The maximum Gasteiger partial charge on any atom is 0.240 e. The fourth-order valence-electron chi connectivity index (χ4n) is 1.65. The topological polar surface area (TPSA) is 69.6 Å². The molecular formula is C7H13N5. The van der Waals surface area contributed by atoms with Crippen molar-refractivity contribution in [3.05, 3.63) is 0 Å². The van der Waals surface area contributed by atoms with E-state index in [2.05, 4.69) is 22.4 Å². The second-order valence-electron chi connectivity index (χ2n) is 3.33. The summed E-state index contributed by atoms with van der Waals surface area (Å²) in [5.74, 6) is 1.19. The Hall–Kier alpha value is -1.13. The van der Waals surface area contributed by atoms with Crippen LogP contribution in [0.15, 0.2) is 0 Å². The number of hydrogen-bond acceptors (Lipinski definition) is 4. The van der Waals surface area contributed by atoms with Gasteiger partial charge in [-0.2, -0.15) is 0 Å². The predicted octanol–water partition coefficient (Wildman–Crippen LogP) is 0.616. The SMILES string of the molecule is CCCC1CC1n1nnnc1N. The lowest BCUT2D eigenvalue weighted by Crippen LogP contribution is -2.04. The number of nitrogens with two attached hydrogens (primary N) is 1. The van der Waals surface area contributed by atoms with E-state index in [-0.39, 0.29) is 0 Å². The van der Waals surface area contributed by atoms with Crippen LogP contribution in [0, 0.1) is 5.92 Å². The third kappa shape index (κ3) is 1.15. The molecule has 2 N–H and O–H groups in total. The van der Waals surface area contributed by atoms with Crippen LogP contribution in [0.2, 0.25) is 0 Å². The molecule has 0 spiro atoms. The molecule has 12 heavy (non-hydrogen) atoms. The third-order valence-corrected chi connectivity index (χ3v) is 2.38. The van der Waals surface area contributed by atoms with E-state index in [0.29, 0.717) is 12.0 Å². The van der Waals surface area contributed by atoms with Crippen LogP contribution in [0.1, 0.15) is 32.2 Å². The summed E-state index contributed by atoms with van der Waals surface area (Å²) in [6.45, 7) is 2.19. The van der Waals surface area contributed by atoms with E-state index in [0.717, 1.165) is 5.92 Å². The second-order valence-corrected chi connectivity index (χ2v) is 3.33. The molecule has 1 heterocycles. The Morgan fingerprint density at radius 2 is 2.50 bits per heavy atom. The minimum absolute atomic E-state index is 0.443. The highest BCUT2D eigenvalue weighted by molar-refractivity contribution is 5.14. The van der Waals surface area contributed by atoms with Gasteiger partial charge in [0.1, 0.15) is 0 Å². The summed E-state index contributed by atoms with van der Waals surface area (Å²) in [7, 11) is 0. The van der Waals surface area contributed by atoms with Crippen molar-refractivity contribution in [3.63, 3.8) is 0 Å². The molecule has 0 amide bonds. The summed E-state index contributed by atoms with van der Waals surface area (Å²) in [5, 5.41) is 11.0. The standard InChI is InChI=1S/C7H13N5/c1-2-3-5-4-6(5)12-7(8)9-10-11-12/h5-6H,2-4H2,1H3,(H2,8,9,11). The summed E-state index contributed by atoms with van der Waals surface area (Å²) >= 11 is 0. The Balaban J connectivity index is 2.01. The van der Waals surface area contributed by atoms with Crippen molar-refractivity contribution < 1.29 is 0 Å². The third-order valence-electron chi connectivity index (χ3n) is 2.38. The van der Waals surface area contributed by atoms with Crippen LogP contribution < -0.4 is 5.73 Å². The summed E-state index contributed by atoms with van der Waals surface area (Å²) < 4.78 is 1.74. The molecule has 5 nitrogen and oxygen atoms in total. The number of nitrogens with zero attached hydrogens (tertiary/aromatic N) is 4. The van der Waals surface area contributed by atoms with Crippen LogP contribution in [-0.2, 0) is 0 Å². The molecule has 0 bridgehead atoms. The molecule has 1 aliphatic rings. The lowest BCUT2D eigenvalue weighted by Gasteiger charge is -1.98. The van der Waals surface area contributed by atoms with E-state index < -0.39 is 0 Å². The van der Waals surface area contributed by atoms with Crippen molar-refractivity contribution in [2.75, 3.05) is 5.73 Å². The first-order chi connectivity index (χ1) is 5.83. The van der Waals surface area contributed by atoms with Gasteiger partial charge >= 0.3 is 0 Å². The number of aromatic nitrogens is 4. The molecule has 0 aromatic carbocycles. The van der Waals surface area contributed by atoms with Crippen molar-refractivity contribution >= 4 is 5.95 Å². The number of tetrazole rings is 1. The van der Waals surface area contributed by atoms with Gasteiger partial charge in [0, 0.05) is 0 Å². The number of rotatable bonds is 3. The van der Waals surface area contributed by atoms with Crippen molar-refractivity contribution in [2.24, 2.45) is 5.92 Å². The molecule has 1 aromatic heterocycles. The number of hydrogen-bond donors (Lipinski definition) is 1. The van der Waals surface area contributed by atoms with Crippen LogP contribution in [-0.4, -0.2) is 20.2 Å². The maximum absolute atomic E-state index is 5.57. The molecule has 1 fully saturated rings. The molecule has 0 saturated heterocycles. The minimum Gasteiger partial charge on any atom is -0.367 e. The maximum atomic E-state index is 5.57. The van der Waals surface area contributed by atoms with Gasteiger partial charge in [0.15, 0.2) is 0 Å². The van der Waals surface area contributed by atoms with E-state index >= 15 is 0 Å². The Bertz CT molecular complexity index is 269. The molecule has 0 aliphatic heterocycles. The smallest absolute Gasteiger partial charge is 0.240 e. The first-order valence-corrected chi connectivity index (χ1v) is 4.36. The van der Waals surface area contributed by atoms with Gasteiger partial charge in [-0.15, -0.1) is 0 Å². The monoisotopic (exact) mass is 167 g/mol. The fourth-order valence-corrected chi connectivity index (χ4v) is 1.65. The molecule has 2 rings (SSSR count). The lowest BCUT2D eigenvalue weighted by atomic mass is 10.2. The number of nitrogen functional groups attached to an aromatic ring is 1. The highest BCUT2D eigenvalue weighted by Crippen LogP contribution is 2.46. The Morgan fingerprint density at radius 1 is 1.67 bits per heavy atom. The Morgan fingerprint density at radius 3 is 3.08 bits per heavy atom. The average molecular weight is 167 g/mol. The average Bonchev–Trinajstić information content (AvgIpc) is 2.67. The molecule has 5 heteroatoms. The first kappa shape index (κ1) is 7.52. The molecule has 0 radical (unpaired) electrons. The van der Waals surface area contributed by atoms with Gasteiger partial charge in [0.2, 0.25) is 5.95 Å². The van der Waals surface area contributed by atoms with E-state index in [4.69, 9.17) is 5.73 Å². The van der Waals surface area contributed by atoms with Crippen LogP contribution in [0.25, 0.3) is 0 Å². The van der Waals surface area contributed by atoms with Gasteiger partial charge in [-0.05, 0) is 29.2 Å². The van der Waals surface area contributed by atoms with Crippen LogP contribution in [0.3, 0.4) is 0 Å². The van der Waals surface area contributed by atoms with Crippen molar-refractivity contribution in [3.8, 4) is 0 Å². The van der Waals surface area contributed by atoms with Crippen LogP contribution in [0.5, 0.6) is 0 Å². The molecule has 1 aliphatic carbocycles. The fraction of sp³-hybridized carbons (Fsp3) is 0.857. The predicted molar refractivity (Wildman–Crippen MR) is 44.3 cm³/mol. The molecule has 1 saturated carbocycles. The summed E-state index contributed by atoms with van der Waals surface area (Å²) in [6.07, 6.45) is 3.66. The molecular weight excluding hydrogens is 154 g/mol. The zero-order chi connectivity index (χ0) is 8.55. The molecule has 1 aromatic rings. The zero-order valence-electron chi connectivity index (χ0n) is 7.14. The Labute approximate surface area is 70.9 Å². The second kappa shape index (κ2) is 2.73. The summed E-state index contributed by atoms with van der Waals surface area (Å²) in [6, 6.07) is 0.472. The summed E-state index contributed by atoms with van der Waals surface area (Å²) in [4.78, 5) is 0. The number of anilines is 1. The van der Waals surface area contributed by atoms with E-state index in [1.807, 2.05) is 0 Å². The largest absolute Gasteiger partial charge is 0.367 e. The zero-order valence-corrected chi connectivity index (χ0v) is 7.14. The van der Waals surface area contributed by atoms with Crippen molar-refractivity contribution in [1.82, 2.24) is 20.2 Å². The van der Waals surface area contributed by atoms with Crippen LogP contribution >= 0.6 is 0 Å². The van der Waals surface area contributed by atoms with Crippen LogP contribution in [0.4, 0.5) is 5.95 Å². The van der Waals surface area contributed by atoms with E-state index in [1.54, 1.807) is 4.68 Å². The van der Waals surface area contributed by atoms with Crippen molar-refractivity contribution in [2.45, 2.75) is 32.2 Å². The highest BCUT2D eigenvalue weighted by atomic mass is 15.6. The van der Waals surface area contributed by atoms with Crippen molar-refractivity contribution in [1.29, 1.82) is 0 Å². The Kier molecular flexibility index (Phi) is 1.71. The van der Waals surface area contributed by atoms with Gasteiger partial charge in [-0.25, -0.2) is 4.68 Å². The molecule has 2 unspecified atom stereocenters. The van der Waals surface area contributed by atoms with Gasteiger partial charge in [-0.3, -0.25) is 0 Å². The summed E-state index contributed by atoms with van der Waals surface area (Å²) in [5.41, 5.74) is 5.57. The van der Waals surface area contributed by atoms with Gasteiger partial charge in [0.05, 0.1) is 6.04 Å². The quantitative estimate of drug-likeness (QED) is 0.716. The van der Waals surface area contributed by atoms with Gasteiger partial charge in [-0.1, -0.05) is 18.4 Å². The molecule has 2 atom stereocenters. The highest BCUT2D eigenvalue weighted by Gasteiger charge is 2.39. The van der Waals surface area contributed by atoms with Gasteiger partial charge in [0.25, 0.3) is 0 Å².